The van der Waals surface area contributed by atoms with Crippen LogP contribution in [0.25, 0.3) is 0 Å². The summed E-state index contributed by atoms with van der Waals surface area (Å²) in [4.78, 5) is 2.49. The molecular formula is C13H30N2S. The zero-order valence-electron chi connectivity index (χ0n) is 11.8. The van der Waals surface area contributed by atoms with Gasteiger partial charge in [-0.2, -0.15) is 11.8 Å². The summed E-state index contributed by atoms with van der Waals surface area (Å²) in [6, 6.07) is 1.44. The average Bonchev–Trinajstić information content (AvgIpc) is 2.31. The van der Waals surface area contributed by atoms with Gasteiger partial charge in [-0.25, -0.2) is 0 Å². The highest BCUT2D eigenvalue weighted by atomic mass is 32.2. The molecule has 0 rings (SSSR count). The average molecular weight is 246 g/mol. The van der Waals surface area contributed by atoms with Gasteiger partial charge in [0.05, 0.1) is 0 Å². The van der Waals surface area contributed by atoms with E-state index in [0.29, 0.717) is 6.04 Å². The number of nitrogens with one attached hydrogen (secondary N) is 1. The van der Waals surface area contributed by atoms with Crippen molar-refractivity contribution in [1.82, 2.24) is 10.2 Å². The largest absolute Gasteiger partial charge is 0.313 e. The van der Waals surface area contributed by atoms with E-state index in [4.69, 9.17) is 0 Å². The van der Waals surface area contributed by atoms with E-state index < -0.39 is 0 Å². The van der Waals surface area contributed by atoms with Crippen LogP contribution in [0.15, 0.2) is 0 Å². The summed E-state index contributed by atoms with van der Waals surface area (Å²) in [6.45, 7) is 9.08. The molecule has 0 bridgehead atoms. The van der Waals surface area contributed by atoms with E-state index in [1.807, 2.05) is 11.8 Å². The van der Waals surface area contributed by atoms with Crippen LogP contribution in [0.4, 0.5) is 0 Å². The highest BCUT2D eigenvalue weighted by Crippen LogP contribution is 2.07. The Morgan fingerprint density at radius 2 is 1.75 bits per heavy atom. The SMILES string of the molecule is CCC(CC)NCCN(C)C(CC)CSC. The lowest BCUT2D eigenvalue weighted by molar-refractivity contribution is 0.251. The Bertz CT molecular complexity index is 149. The summed E-state index contributed by atoms with van der Waals surface area (Å²) in [5, 5.41) is 3.62. The van der Waals surface area contributed by atoms with Gasteiger partial charge in [-0.3, -0.25) is 0 Å². The second-order valence-corrected chi connectivity index (χ2v) is 5.38. The van der Waals surface area contributed by atoms with Gasteiger partial charge in [-0.05, 0) is 32.6 Å². The fourth-order valence-corrected chi connectivity index (χ4v) is 2.83. The highest BCUT2D eigenvalue weighted by molar-refractivity contribution is 7.98. The van der Waals surface area contributed by atoms with Crippen molar-refractivity contribution in [3.8, 4) is 0 Å². The molecule has 2 nitrogen and oxygen atoms in total. The molecule has 0 radical (unpaired) electrons. The molecule has 0 aromatic carbocycles. The first kappa shape index (κ1) is 16.3. The fraction of sp³-hybridized carbons (Fsp3) is 1.00. The Hall–Kier alpha value is 0.270. The van der Waals surface area contributed by atoms with E-state index in [0.717, 1.165) is 19.1 Å². The molecule has 0 spiro atoms. The van der Waals surface area contributed by atoms with E-state index in [-0.39, 0.29) is 0 Å². The van der Waals surface area contributed by atoms with Crippen LogP contribution in [0.3, 0.4) is 0 Å². The summed E-state index contributed by atoms with van der Waals surface area (Å²) in [7, 11) is 2.25. The molecule has 16 heavy (non-hydrogen) atoms. The Kier molecular flexibility index (Phi) is 10.6. The van der Waals surface area contributed by atoms with Gasteiger partial charge in [0.2, 0.25) is 0 Å². The second-order valence-electron chi connectivity index (χ2n) is 4.47. The Morgan fingerprint density at radius 3 is 2.19 bits per heavy atom. The molecule has 0 aliphatic rings. The Balaban J connectivity index is 3.73. The van der Waals surface area contributed by atoms with E-state index in [2.05, 4.69) is 44.3 Å². The summed E-state index contributed by atoms with van der Waals surface area (Å²) in [5.41, 5.74) is 0. The van der Waals surface area contributed by atoms with Crippen molar-refractivity contribution in [2.75, 3.05) is 32.1 Å². The Labute approximate surface area is 107 Å². The molecule has 3 heteroatoms. The molecule has 0 saturated carbocycles. The van der Waals surface area contributed by atoms with Crippen LogP contribution in [0.2, 0.25) is 0 Å². The molecular weight excluding hydrogens is 216 g/mol. The van der Waals surface area contributed by atoms with Crippen molar-refractivity contribution < 1.29 is 0 Å². The first-order valence-electron chi connectivity index (χ1n) is 6.62. The first-order valence-corrected chi connectivity index (χ1v) is 8.01. The van der Waals surface area contributed by atoms with Crippen LogP contribution in [0.5, 0.6) is 0 Å². The molecule has 0 fully saturated rings. The minimum atomic E-state index is 0.703. The van der Waals surface area contributed by atoms with Crippen LogP contribution in [0.1, 0.15) is 40.0 Å². The van der Waals surface area contributed by atoms with E-state index >= 15 is 0 Å². The van der Waals surface area contributed by atoms with Crippen molar-refractivity contribution in [2.24, 2.45) is 0 Å². The summed E-state index contributed by atoms with van der Waals surface area (Å²) in [5.74, 6) is 1.25. The molecule has 0 saturated heterocycles. The van der Waals surface area contributed by atoms with Crippen molar-refractivity contribution >= 4 is 11.8 Å². The molecule has 0 heterocycles. The third kappa shape index (κ3) is 6.77. The molecule has 0 aliphatic heterocycles. The maximum Gasteiger partial charge on any atom is 0.0181 e. The van der Waals surface area contributed by atoms with Gasteiger partial charge < -0.3 is 10.2 Å². The maximum atomic E-state index is 3.62. The van der Waals surface area contributed by atoms with Gasteiger partial charge in [0.1, 0.15) is 0 Å². The zero-order chi connectivity index (χ0) is 12.4. The molecule has 1 atom stereocenters. The lowest BCUT2D eigenvalue weighted by Gasteiger charge is -2.27. The summed E-state index contributed by atoms with van der Waals surface area (Å²) >= 11 is 1.95. The smallest absolute Gasteiger partial charge is 0.0181 e. The standard InChI is InChI=1S/C13H30N2S/c1-6-12(7-2)14-9-10-15(4)13(8-3)11-16-5/h12-14H,6-11H2,1-5H3. The zero-order valence-corrected chi connectivity index (χ0v) is 12.6. The van der Waals surface area contributed by atoms with Crippen molar-refractivity contribution in [3.63, 3.8) is 0 Å². The Morgan fingerprint density at radius 1 is 1.12 bits per heavy atom. The number of hydrogen-bond acceptors (Lipinski definition) is 3. The number of rotatable bonds is 10. The van der Waals surface area contributed by atoms with Gasteiger partial charge >= 0.3 is 0 Å². The van der Waals surface area contributed by atoms with Gasteiger partial charge in [-0.1, -0.05) is 20.8 Å². The minimum Gasteiger partial charge on any atom is -0.313 e. The first-order chi connectivity index (χ1) is 7.69. The molecule has 0 aliphatic carbocycles. The van der Waals surface area contributed by atoms with Gasteiger partial charge in [0.15, 0.2) is 0 Å². The van der Waals surface area contributed by atoms with Crippen LogP contribution >= 0.6 is 11.8 Å². The molecule has 0 aromatic heterocycles. The monoisotopic (exact) mass is 246 g/mol. The lowest BCUT2D eigenvalue weighted by atomic mass is 10.2. The summed E-state index contributed by atoms with van der Waals surface area (Å²) in [6.07, 6.45) is 5.92. The van der Waals surface area contributed by atoms with Gasteiger partial charge in [0, 0.05) is 30.9 Å². The quantitative estimate of drug-likeness (QED) is 0.638. The molecule has 0 amide bonds. The third-order valence-corrected chi connectivity index (χ3v) is 4.05. The second kappa shape index (κ2) is 10.4. The highest BCUT2D eigenvalue weighted by Gasteiger charge is 2.11. The van der Waals surface area contributed by atoms with E-state index in [9.17, 15) is 0 Å². The number of nitrogens with zero attached hydrogens (tertiary/aromatic N) is 1. The van der Waals surface area contributed by atoms with E-state index in [1.54, 1.807) is 0 Å². The number of thioether (sulfide) groups is 1. The summed E-state index contributed by atoms with van der Waals surface area (Å²) < 4.78 is 0. The third-order valence-electron chi connectivity index (χ3n) is 3.34. The van der Waals surface area contributed by atoms with Crippen LogP contribution in [-0.4, -0.2) is 49.1 Å². The predicted octanol–water partition coefficient (Wildman–Crippen LogP) is 2.84. The fourth-order valence-electron chi connectivity index (χ4n) is 1.95. The van der Waals surface area contributed by atoms with Crippen molar-refractivity contribution in [1.29, 1.82) is 0 Å². The van der Waals surface area contributed by atoms with Crippen molar-refractivity contribution in [2.45, 2.75) is 52.1 Å². The molecule has 1 unspecified atom stereocenters. The number of hydrogen-bond donors (Lipinski definition) is 1. The normalized spacial score (nSPS) is 13.7. The van der Waals surface area contributed by atoms with Gasteiger partial charge in [0.25, 0.3) is 0 Å². The number of likely N-dealkylation sites (N-methyl/N-ethyl adjacent to an activating group) is 1. The lowest BCUT2D eigenvalue weighted by Crippen LogP contribution is -2.40. The van der Waals surface area contributed by atoms with E-state index in [1.165, 1.54) is 25.0 Å². The topological polar surface area (TPSA) is 15.3 Å². The van der Waals surface area contributed by atoms with Crippen LogP contribution < -0.4 is 5.32 Å². The van der Waals surface area contributed by atoms with Crippen LogP contribution in [-0.2, 0) is 0 Å². The molecule has 0 aromatic rings. The molecule has 98 valence electrons. The maximum absolute atomic E-state index is 3.62. The predicted molar refractivity (Wildman–Crippen MR) is 77.5 cm³/mol. The van der Waals surface area contributed by atoms with Gasteiger partial charge in [-0.15, -0.1) is 0 Å². The van der Waals surface area contributed by atoms with Crippen molar-refractivity contribution in [3.05, 3.63) is 0 Å². The molecule has 1 N–H and O–H groups in total. The minimum absolute atomic E-state index is 0.703. The van der Waals surface area contributed by atoms with Crippen LogP contribution in [0, 0.1) is 0 Å².